The summed E-state index contributed by atoms with van der Waals surface area (Å²) in [6.45, 7) is 3.95. The van der Waals surface area contributed by atoms with Crippen molar-refractivity contribution >= 4 is 54.0 Å². The van der Waals surface area contributed by atoms with E-state index in [4.69, 9.17) is 0 Å². The summed E-state index contributed by atoms with van der Waals surface area (Å²) in [7, 11) is 0. The van der Waals surface area contributed by atoms with Gasteiger partial charge >= 0.3 is 0 Å². The van der Waals surface area contributed by atoms with Gasteiger partial charge in [-0.15, -0.1) is 22.7 Å². The Labute approximate surface area is 152 Å². The van der Waals surface area contributed by atoms with E-state index in [1.165, 1.54) is 22.7 Å². The van der Waals surface area contributed by atoms with Gasteiger partial charge in [-0.1, -0.05) is 6.92 Å². The largest absolute Gasteiger partial charge is 0.192 e. The van der Waals surface area contributed by atoms with Gasteiger partial charge in [0, 0.05) is 40.4 Å². The van der Waals surface area contributed by atoms with Crippen molar-refractivity contribution in [3.05, 3.63) is 32.3 Å². The quantitative estimate of drug-likeness (QED) is 0.666. The molecule has 0 bridgehead atoms. The minimum absolute atomic E-state index is 0.0549. The average Bonchev–Trinajstić information content (AvgIpc) is 3.21. The van der Waals surface area contributed by atoms with Crippen molar-refractivity contribution in [1.29, 1.82) is 21.0 Å². The minimum Gasteiger partial charge on any atom is -0.192 e. The van der Waals surface area contributed by atoms with Crippen LogP contribution in [0.2, 0.25) is 0 Å². The molecule has 0 spiro atoms. The number of benzene rings is 1. The third kappa shape index (κ3) is 2.46. The molecule has 0 fully saturated rings. The standard InChI is InChI=1S/C19H10N4S2/c1-3-13-5-15-17(12(8-22)9-23)18-14(4-10(2)24-18)16(19(15)25-13)11(6-20)7-21/h4-5H,3H2,1-2H3. The molecule has 0 aliphatic carbocycles. The molecule has 0 saturated carbocycles. The van der Waals surface area contributed by atoms with E-state index in [9.17, 15) is 21.0 Å². The zero-order chi connectivity index (χ0) is 18.1. The van der Waals surface area contributed by atoms with Crippen molar-refractivity contribution in [2.24, 2.45) is 0 Å². The van der Waals surface area contributed by atoms with Crippen LogP contribution in [0.15, 0.2) is 12.1 Å². The fourth-order valence-electron chi connectivity index (χ4n) is 2.89. The number of rotatable bonds is 1. The van der Waals surface area contributed by atoms with E-state index in [2.05, 4.69) is 0 Å². The molecule has 0 atom stereocenters. The van der Waals surface area contributed by atoms with Crippen LogP contribution in [0.5, 0.6) is 0 Å². The molecule has 6 heteroatoms. The fraction of sp³-hybridized carbons (Fsp3) is 0.158. The molecule has 1 aromatic carbocycles. The Morgan fingerprint density at radius 1 is 0.840 bits per heavy atom. The molecule has 25 heavy (non-hydrogen) atoms. The summed E-state index contributed by atoms with van der Waals surface area (Å²) in [5, 5.41) is 40.5. The Balaban J connectivity index is 2.90. The fourth-order valence-corrected chi connectivity index (χ4v) is 5.14. The molecular weight excluding hydrogens is 348 g/mol. The van der Waals surface area contributed by atoms with E-state index < -0.39 is 0 Å². The van der Waals surface area contributed by atoms with Gasteiger partial charge in [0.05, 0.1) is 0 Å². The Morgan fingerprint density at radius 3 is 1.80 bits per heavy atom. The third-order valence-electron chi connectivity index (χ3n) is 3.93. The number of hydrogen-bond acceptors (Lipinski definition) is 6. The summed E-state index contributed by atoms with van der Waals surface area (Å²) in [5.74, 6) is 0. The van der Waals surface area contributed by atoms with Crippen LogP contribution >= 0.6 is 22.7 Å². The number of nitriles is 4. The van der Waals surface area contributed by atoms with Gasteiger partial charge < -0.3 is 0 Å². The van der Waals surface area contributed by atoms with Crippen LogP contribution in [0, 0.1) is 52.2 Å². The second-order valence-electron chi connectivity index (χ2n) is 5.36. The maximum Gasteiger partial charge on any atom is 0.138 e. The molecule has 0 aliphatic heterocycles. The zero-order valence-corrected chi connectivity index (χ0v) is 15.1. The molecule has 0 radical (unpaired) electrons. The van der Waals surface area contributed by atoms with Crippen molar-refractivity contribution in [1.82, 2.24) is 0 Å². The van der Waals surface area contributed by atoms with Gasteiger partial charge in [0.25, 0.3) is 0 Å². The molecule has 2 heterocycles. The highest BCUT2D eigenvalue weighted by molar-refractivity contribution is 7.20. The Hall–Kier alpha value is -3.16. The molecule has 118 valence electrons. The molecule has 0 unspecified atom stereocenters. The van der Waals surface area contributed by atoms with Gasteiger partial charge in [-0.25, -0.2) is 0 Å². The first kappa shape index (κ1) is 16.7. The van der Waals surface area contributed by atoms with E-state index >= 15 is 0 Å². The van der Waals surface area contributed by atoms with Gasteiger partial charge in [0.1, 0.15) is 35.4 Å². The lowest BCUT2D eigenvalue weighted by Gasteiger charge is -1.99. The Morgan fingerprint density at radius 2 is 1.32 bits per heavy atom. The summed E-state index contributed by atoms with van der Waals surface area (Å²) in [5.41, 5.74) is 0.110. The van der Waals surface area contributed by atoms with Gasteiger partial charge in [-0.3, -0.25) is 0 Å². The van der Waals surface area contributed by atoms with Crippen molar-refractivity contribution in [2.75, 3.05) is 0 Å². The maximum absolute atomic E-state index is 9.43. The lowest BCUT2D eigenvalue weighted by atomic mass is 10.0. The molecule has 0 amide bonds. The minimum atomic E-state index is 0.0549. The highest BCUT2D eigenvalue weighted by Crippen LogP contribution is 2.28. The molecular formula is C19H10N4S2. The first-order valence-corrected chi connectivity index (χ1v) is 9.06. The Bertz CT molecular complexity index is 1190. The molecule has 3 aromatic rings. The average molecular weight is 358 g/mol. The number of fused-ring (bicyclic) bond motifs is 2. The Kier molecular flexibility index (Phi) is 4.26. The van der Waals surface area contributed by atoms with E-state index in [0.29, 0.717) is 10.4 Å². The van der Waals surface area contributed by atoms with Crippen molar-refractivity contribution < 1.29 is 0 Å². The van der Waals surface area contributed by atoms with Crippen LogP contribution in [-0.2, 0) is 6.42 Å². The molecule has 3 rings (SSSR count). The lowest BCUT2D eigenvalue weighted by Crippen LogP contribution is -2.15. The van der Waals surface area contributed by atoms with Gasteiger partial charge in [0.15, 0.2) is 0 Å². The smallest absolute Gasteiger partial charge is 0.138 e. The third-order valence-corrected chi connectivity index (χ3v) is 6.29. The topological polar surface area (TPSA) is 95.2 Å². The molecule has 0 aliphatic rings. The van der Waals surface area contributed by atoms with Crippen LogP contribution in [-0.4, -0.2) is 0 Å². The maximum atomic E-state index is 9.43. The first-order valence-electron chi connectivity index (χ1n) is 7.43. The summed E-state index contributed by atoms with van der Waals surface area (Å²) in [6, 6.07) is 11.9. The van der Waals surface area contributed by atoms with Crippen LogP contribution in [0.1, 0.15) is 16.7 Å². The summed E-state index contributed by atoms with van der Waals surface area (Å²) in [6.07, 6.45) is 0.799. The predicted molar refractivity (Wildman–Crippen MR) is 99.8 cm³/mol. The molecule has 0 N–H and O–H groups in total. The summed E-state index contributed by atoms with van der Waals surface area (Å²) in [4.78, 5) is 2.08. The van der Waals surface area contributed by atoms with Crippen molar-refractivity contribution in [2.45, 2.75) is 20.3 Å². The highest BCUT2D eigenvalue weighted by Gasteiger charge is 2.16. The van der Waals surface area contributed by atoms with Gasteiger partial charge in [-0.05, 0) is 25.5 Å². The first-order chi connectivity index (χ1) is 12.1. The van der Waals surface area contributed by atoms with Crippen LogP contribution < -0.4 is 10.4 Å². The molecule has 2 aromatic heterocycles. The monoisotopic (exact) mass is 358 g/mol. The second-order valence-corrected chi connectivity index (χ2v) is 7.75. The number of hydrogen-bond donors (Lipinski definition) is 0. The summed E-state index contributed by atoms with van der Waals surface area (Å²) < 4.78 is 1.57. The number of aryl methyl sites for hydroxylation is 2. The SMILES string of the molecule is CCc1cc2c(=C(C#N)C#N)c3sc(C)cc3c(=C(C#N)C#N)c2s1. The number of nitrogens with zero attached hydrogens (tertiary/aromatic N) is 4. The zero-order valence-electron chi connectivity index (χ0n) is 13.5. The van der Waals surface area contributed by atoms with Crippen molar-refractivity contribution in [3.63, 3.8) is 0 Å². The van der Waals surface area contributed by atoms with E-state index in [1.54, 1.807) is 0 Å². The number of thiophene rings is 2. The van der Waals surface area contributed by atoms with Gasteiger partial charge in [0.2, 0.25) is 0 Å². The predicted octanol–water partition coefficient (Wildman–Crippen LogP) is 3.38. The molecule has 4 nitrogen and oxygen atoms in total. The normalized spacial score (nSPS) is 10.0. The van der Waals surface area contributed by atoms with Crippen LogP contribution in [0.4, 0.5) is 0 Å². The van der Waals surface area contributed by atoms with Crippen LogP contribution in [0.3, 0.4) is 0 Å². The molecule has 0 saturated heterocycles. The highest BCUT2D eigenvalue weighted by atomic mass is 32.1. The van der Waals surface area contributed by atoms with Crippen LogP contribution in [0.25, 0.3) is 31.3 Å². The lowest BCUT2D eigenvalue weighted by molar-refractivity contribution is 1.19. The summed E-state index contributed by atoms with van der Waals surface area (Å²) >= 11 is 2.98. The van der Waals surface area contributed by atoms with E-state index in [-0.39, 0.29) is 11.1 Å². The van der Waals surface area contributed by atoms with E-state index in [0.717, 1.165) is 36.3 Å². The van der Waals surface area contributed by atoms with E-state index in [1.807, 2.05) is 50.3 Å². The van der Waals surface area contributed by atoms with Gasteiger partial charge in [-0.2, -0.15) is 21.0 Å². The second kappa shape index (κ2) is 6.39. The van der Waals surface area contributed by atoms with Crippen molar-refractivity contribution in [3.8, 4) is 24.3 Å².